The highest BCUT2D eigenvalue weighted by molar-refractivity contribution is 14.0. The minimum Gasteiger partial charge on any atom is -0.352 e. The van der Waals surface area contributed by atoms with Crippen molar-refractivity contribution in [3.8, 4) is 0 Å². The molecular formula is C20H23ClIN5. The minimum absolute atomic E-state index is 0. The Hall–Kier alpha value is -2.06. The maximum Gasteiger partial charge on any atom is 0.191 e. The maximum atomic E-state index is 6.18. The van der Waals surface area contributed by atoms with Crippen LogP contribution in [0.5, 0.6) is 0 Å². The summed E-state index contributed by atoms with van der Waals surface area (Å²) < 4.78 is 2.05. The Morgan fingerprint density at radius 3 is 2.41 bits per heavy atom. The fraction of sp³-hybridized carbons (Fsp3) is 0.200. The van der Waals surface area contributed by atoms with E-state index in [0.29, 0.717) is 13.1 Å². The standard InChI is InChI=1S/C20H22ClN5.HI/c1-22-20(25-13-18-4-2-3-5-19(18)21)24-12-16-6-8-17(9-7-16)14-26-11-10-23-15-26;/h2-11,15H,12-14H2,1H3,(H2,22,24,25);1H. The lowest BCUT2D eigenvalue weighted by Crippen LogP contribution is -2.36. The predicted molar refractivity (Wildman–Crippen MR) is 122 cm³/mol. The van der Waals surface area contributed by atoms with Crippen LogP contribution in [0.2, 0.25) is 5.02 Å². The van der Waals surface area contributed by atoms with Gasteiger partial charge in [-0.3, -0.25) is 4.99 Å². The topological polar surface area (TPSA) is 54.2 Å². The van der Waals surface area contributed by atoms with Gasteiger partial charge in [-0.15, -0.1) is 24.0 Å². The molecular weight excluding hydrogens is 473 g/mol. The summed E-state index contributed by atoms with van der Waals surface area (Å²) in [7, 11) is 1.76. The predicted octanol–water partition coefficient (Wildman–Crippen LogP) is 4.07. The molecule has 0 radical (unpaired) electrons. The second kappa shape index (κ2) is 10.9. The van der Waals surface area contributed by atoms with Crippen molar-refractivity contribution in [2.45, 2.75) is 19.6 Å². The van der Waals surface area contributed by atoms with E-state index in [1.165, 1.54) is 11.1 Å². The zero-order chi connectivity index (χ0) is 18.2. The smallest absolute Gasteiger partial charge is 0.191 e. The van der Waals surface area contributed by atoms with Crippen molar-refractivity contribution in [3.63, 3.8) is 0 Å². The zero-order valence-corrected chi connectivity index (χ0v) is 18.2. The molecule has 5 nitrogen and oxygen atoms in total. The molecule has 0 aliphatic rings. The third-order valence-corrected chi connectivity index (χ3v) is 4.40. The molecule has 3 rings (SSSR count). The normalized spacial score (nSPS) is 11.0. The summed E-state index contributed by atoms with van der Waals surface area (Å²) in [4.78, 5) is 8.32. The number of rotatable bonds is 6. The molecule has 2 aromatic carbocycles. The van der Waals surface area contributed by atoms with Crippen LogP contribution < -0.4 is 10.6 Å². The van der Waals surface area contributed by atoms with Crippen molar-refractivity contribution in [1.82, 2.24) is 20.2 Å². The number of hydrogen-bond acceptors (Lipinski definition) is 2. The minimum atomic E-state index is 0. The summed E-state index contributed by atoms with van der Waals surface area (Å²) in [6.07, 6.45) is 5.58. The van der Waals surface area contributed by atoms with E-state index in [4.69, 9.17) is 11.6 Å². The lowest BCUT2D eigenvalue weighted by atomic mass is 10.1. The van der Waals surface area contributed by atoms with E-state index in [9.17, 15) is 0 Å². The number of aliphatic imine (C=N–C) groups is 1. The van der Waals surface area contributed by atoms with Crippen LogP contribution >= 0.6 is 35.6 Å². The highest BCUT2D eigenvalue weighted by Gasteiger charge is 2.02. The number of imidazole rings is 1. The monoisotopic (exact) mass is 495 g/mol. The molecule has 1 aromatic heterocycles. The number of halogens is 2. The molecule has 27 heavy (non-hydrogen) atoms. The highest BCUT2D eigenvalue weighted by Crippen LogP contribution is 2.14. The third-order valence-electron chi connectivity index (χ3n) is 4.03. The molecule has 0 bridgehead atoms. The number of benzene rings is 2. The Morgan fingerprint density at radius 1 is 1.04 bits per heavy atom. The zero-order valence-electron chi connectivity index (χ0n) is 15.1. The number of guanidine groups is 1. The van der Waals surface area contributed by atoms with E-state index in [0.717, 1.165) is 23.1 Å². The molecule has 1 heterocycles. The Balaban J connectivity index is 0.00000261. The molecule has 0 saturated heterocycles. The first kappa shape index (κ1) is 21.2. The molecule has 142 valence electrons. The van der Waals surface area contributed by atoms with Crippen LogP contribution in [-0.4, -0.2) is 22.6 Å². The second-order valence-electron chi connectivity index (χ2n) is 5.92. The van der Waals surface area contributed by atoms with Crippen LogP contribution in [0, 0.1) is 0 Å². The number of aromatic nitrogens is 2. The summed E-state index contributed by atoms with van der Waals surface area (Å²) in [5.74, 6) is 0.743. The van der Waals surface area contributed by atoms with Crippen molar-refractivity contribution in [3.05, 3.63) is 89.0 Å². The van der Waals surface area contributed by atoms with Gasteiger partial charge in [-0.1, -0.05) is 54.1 Å². The molecule has 0 unspecified atom stereocenters. The van der Waals surface area contributed by atoms with E-state index in [-0.39, 0.29) is 24.0 Å². The van der Waals surface area contributed by atoms with Crippen molar-refractivity contribution in [1.29, 1.82) is 0 Å². The molecule has 2 N–H and O–H groups in total. The van der Waals surface area contributed by atoms with Crippen molar-refractivity contribution < 1.29 is 0 Å². The summed E-state index contributed by atoms with van der Waals surface area (Å²) in [5.41, 5.74) is 3.48. The highest BCUT2D eigenvalue weighted by atomic mass is 127. The van der Waals surface area contributed by atoms with E-state index in [2.05, 4.69) is 44.9 Å². The molecule has 0 amide bonds. The molecule has 0 aliphatic carbocycles. The van der Waals surface area contributed by atoms with Gasteiger partial charge in [0.15, 0.2) is 5.96 Å². The van der Waals surface area contributed by atoms with Gasteiger partial charge >= 0.3 is 0 Å². The number of nitrogens with one attached hydrogen (secondary N) is 2. The Labute approximate surface area is 181 Å². The molecule has 7 heteroatoms. The average Bonchev–Trinajstić information content (AvgIpc) is 3.17. The molecule has 0 fully saturated rings. The number of nitrogens with zero attached hydrogens (tertiary/aromatic N) is 3. The first-order valence-corrected chi connectivity index (χ1v) is 8.84. The quantitative estimate of drug-likeness (QED) is 0.308. The molecule has 0 aliphatic heterocycles. The third kappa shape index (κ3) is 6.55. The van der Waals surface area contributed by atoms with Gasteiger partial charge in [-0.2, -0.15) is 0 Å². The van der Waals surface area contributed by atoms with Crippen LogP contribution in [0.3, 0.4) is 0 Å². The Morgan fingerprint density at radius 2 is 1.74 bits per heavy atom. The molecule has 0 saturated carbocycles. The fourth-order valence-electron chi connectivity index (χ4n) is 2.58. The largest absolute Gasteiger partial charge is 0.352 e. The van der Waals surface area contributed by atoms with Crippen LogP contribution in [0.4, 0.5) is 0 Å². The number of hydrogen-bond donors (Lipinski definition) is 2. The van der Waals surface area contributed by atoms with Crippen LogP contribution in [-0.2, 0) is 19.6 Å². The Kier molecular flexibility index (Phi) is 8.60. The van der Waals surface area contributed by atoms with Crippen LogP contribution in [0.1, 0.15) is 16.7 Å². The molecule has 0 spiro atoms. The van der Waals surface area contributed by atoms with Crippen molar-refractivity contribution >= 4 is 41.5 Å². The fourth-order valence-corrected chi connectivity index (χ4v) is 2.78. The average molecular weight is 496 g/mol. The van der Waals surface area contributed by atoms with Gasteiger partial charge in [-0.05, 0) is 22.8 Å². The van der Waals surface area contributed by atoms with Gasteiger partial charge in [0.1, 0.15) is 0 Å². The molecule has 3 aromatic rings. The summed E-state index contributed by atoms with van der Waals surface area (Å²) in [6.45, 7) is 2.16. The van der Waals surface area contributed by atoms with Gasteiger partial charge in [0.2, 0.25) is 0 Å². The lowest BCUT2D eigenvalue weighted by molar-refractivity contribution is 0.792. The molecule has 0 atom stereocenters. The maximum absolute atomic E-state index is 6.18. The van der Waals surface area contributed by atoms with E-state index in [1.807, 2.05) is 41.4 Å². The van der Waals surface area contributed by atoms with Crippen LogP contribution in [0.15, 0.2) is 72.2 Å². The van der Waals surface area contributed by atoms with Gasteiger partial charge < -0.3 is 15.2 Å². The van der Waals surface area contributed by atoms with Crippen molar-refractivity contribution in [2.24, 2.45) is 4.99 Å². The first-order valence-electron chi connectivity index (χ1n) is 8.46. The lowest BCUT2D eigenvalue weighted by Gasteiger charge is -2.13. The van der Waals surface area contributed by atoms with Gasteiger partial charge in [-0.25, -0.2) is 4.98 Å². The van der Waals surface area contributed by atoms with Gasteiger partial charge in [0.05, 0.1) is 6.33 Å². The second-order valence-corrected chi connectivity index (χ2v) is 6.33. The van der Waals surface area contributed by atoms with Gasteiger partial charge in [0, 0.05) is 44.1 Å². The SMILES string of the molecule is CN=C(NCc1ccc(Cn2ccnc2)cc1)NCc1ccccc1Cl.I. The van der Waals surface area contributed by atoms with E-state index < -0.39 is 0 Å². The van der Waals surface area contributed by atoms with Crippen molar-refractivity contribution in [2.75, 3.05) is 7.05 Å². The van der Waals surface area contributed by atoms with E-state index in [1.54, 1.807) is 13.2 Å². The van der Waals surface area contributed by atoms with Crippen LogP contribution in [0.25, 0.3) is 0 Å². The first-order chi connectivity index (χ1) is 12.7. The summed E-state index contributed by atoms with van der Waals surface area (Å²) in [6, 6.07) is 16.3. The van der Waals surface area contributed by atoms with Gasteiger partial charge in [0.25, 0.3) is 0 Å². The summed E-state index contributed by atoms with van der Waals surface area (Å²) >= 11 is 6.18. The summed E-state index contributed by atoms with van der Waals surface area (Å²) in [5, 5.41) is 7.36. The van der Waals surface area contributed by atoms with E-state index >= 15 is 0 Å². The Bertz CT molecular complexity index is 847.